The number of anilines is 2. The summed E-state index contributed by atoms with van der Waals surface area (Å²) < 4.78 is 6.37. The number of hydrogen-bond acceptors (Lipinski definition) is 8. The first kappa shape index (κ1) is 27.3. The SMILES string of the molecule is CNC(=O)C[C@H](CC(C)C)Nc1nc(N2CCC3(CN(C(=O)OC(C)(C)C)C3)C2)nc2cc(Br)cnc12. The van der Waals surface area contributed by atoms with Crippen LogP contribution in [0.25, 0.3) is 11.0 Å². The van der Waals surface area contributed by atoms with E-state index in [2.05, 4.69) is 50.3 Å². The summed E-state index contributed by atoms with van der Waals surface area (Å²) in [7, 11) is 1.65. The maximum absolute atomic E-state index is 12.4. The van der Waals surface area contributed by atoms with Gasteiger partial charge in [0.05, 0.1) is 5.52 Å². The van der Waals surface area contributed by atoms with Gasteiger partial charge in [-0.05, 0) is 61.5 Å². The fourth-order valence-electron chi connectivity index (χ4n) is 5.09. The zero-order valence-corrected chi connectivity index (χ0v) is 24.2. The third-order valence-corrected chi connectivity index (χ3v) is 7.16. The van der Waals surface area contributed by atoms with Gasteiger partial charge in [0.25, 0.3) is 0 Å². The van der Waals surface area contributed by atoms with Crippen molar-refractivity contribution < 1.29 is 14.3 Å². The monoisotopic (exact) mass is 575 g/mol. The number of rotatable bonds is 7. The van der Waals surface area contributed by atoms with E-state index in [1.807, 2.05) is 26.8 Å². The number of nitrogens with one attached hydrogen (secondary N) is 2. The highest BCUT2D eigenvalue weighted by Crippen LogP contribution is 2.41. The van der Waals surface area contributed by atoms with E-state index in [1.54, 1.807) is 18.1 Å². The van der Waals surface area contributed by atoms with E-state index in [0.717, 1.165) is 35.9 Å². The van der Waals surface area contributed by atoms with Gasteiger partial charge in [0.1, 0.15) is 11.1 Å². The number of carbonyl (C=O) groups excluding carboxylic acids is 2. The number of halogens is 1. The lowest BCUT2D eigenvalue weighted by Crippen LogP contribution is -2.60. The molecule has 0 saturated carbocycles. The third kappa shape index (κ3) is 6.61. The molecule has 0 aromatic carbocycles. The number of fused-ring (bicyclic) bond motifs is 1. The van der Waals surface area contributed by atoms with Crippen LogP contribution in [-0.2, 0) is 9.53 Å². The molecule has 37 heavy (non-hydrogen) atoms. The summed E-state index contributed by atoms with van der Waals surface area (Å²) in [6.45, 7) is 12.9. The van der Waals surface area contributed by atoms with Gasteiger partial charge in [-0.15, -0.1) is 0 Å². The average molecular weight is 577 g/mol. The second kappa shape index (κ2) is 10.6. The molecule has 2 saturated heterocycles. The second-order valence-electron chi connectivity index (χ2n) is 11.7. The van der Waals surface area contributed by atoms with Gasteiger partial charge in [-0.3, -0.25) is 4.79 Å². The van der Waals surface area contributed by atoms with E-state index in [0.29, 0.717) is 42.7 Å². The van der Waals surface area contributed by atoms with Gasteiger partial charge in [0.15, 0.2) is 5.82 Å². The Morgan fingerprint density at radius 3 is 2.59 bits per heavy atom. The smallest absolute Gasteiger partial charge is 0.410 e. The summed E-state index contributed by atoms with van der Waals surface area (Å²) in [6, 6.07) is 1.85. The number of carbonyl (C=O) groups is 2. The largest absolute Gasteiger partial charge is 0.444 e. The quantitative estimate of drug-likeness (QED) is 0.505. The van der Waals surface area contributed by atoms with Crippen molar-refractivity contribution in [2.75, 3.05) is 43.4 Å². The molecule has 1 atom stereocenters. The van der Waals surface area contributed by atoms with Gasteiger partial charge in [-0.2, -0.15) is 4.98 Å². The maximum atomic E-state index is 12.4. The molecule has 2 aliphatic rings. The van der Waals surface area contributed by atoms with Crippen LogP contribution in [0.4, 0.5) is 16.6 Å². The van der Waals surface area contributed by atoms with E-state index in [1.165, 1.54) is 0 Å². The van der Waals surface area contributed by atoms with Crippen molar-refractivity contribution in [1.82, 2.24) is 25.2 Å². The van der Waals surface area contributed by atoms with Gasteiger partial charge in [0.2, 0.25) is 11.9 Å². The molecule has 2 fully saturated rings. The maximum Gasteiger partial charge on any atom is 0.410 e. The normalized spacial score (nSPS) is 17.7. The number of pyridine rings is 1. The average Bonchev–Trinajstić information content (AvgIpc) is 3.22. The molecule has 2 amide bonds. The molecule has 2 aromatic rings. The Morgan fingerprint density at radius 2 is 1.95 bits per heavy atom. The molecule has 0 radical (unpaired) electrons. The van der Waals surface area contributed by atoms with Crippen molar-refractivity contribution in [3.8, 4) is 0 Å². The fourth-order valence-corrected chi connectivity index (χ4v) is 5.41. The van der Waals surface area contributed by atoms with E-state index < -0.39 is 5.60 Å². The molecule has 2 N–H and O–H groups in total. The number of ether oxygens (including phenoxy) is 1. The lowest BCUT2D eigenvalue weighted by molar-refractivity contribution is -0.120. The minimum atomic E-state index is -0.503. The van der Waals surface area contributed by atoms with Gasteiger partial charge in [-0.1, -0.05) is 13.8 Å². The Labute approximate surface area is 227 Å². The molecule has 10 nitrogen and oxygen atoms in total. The summed E-state index contributed by atoms with van der Waals surface area (Å²) in [5, 5.41) is 6.23. The number of nitrogens with zero attached hydrogens (tertiary/aromatic N) is 5. The zero-order valence-electron chi connectivity index (χ0n) is 22.6. The van der Waals surface area contributed by atoms with Crippen LogP contribution < -0.4 is 15.5 Å². The van der Waals surface area contributed by atoms with Crippen molar-refractivity contribution >= 4 is 50.7 Å². The summed E-state index contributed by atoms with van der Waals surface area (Å²) in [6.07, 6.45) is 3.60. The molecule has 0 unspecified atom stereocenters. The summed E-state index contributed by atoms with van der Waals surface area (Å²) in [5.41, 5.74) is 0.927. The summed E-state index contributed by atoms with van der Waals surface area (Å²) >= 11 is 3.51. The number of hydrogen-bond donors (Lipinski definition) is 2. The molecular weight excluding hydrogens is 538 g/mol. The van der Waals surface area contributed by atoms with E-state index in [9.17, 15) is 9.59 Å². The Kier molecular flexibility index (Phi) is 7.83. The standard InChI is InChI=1S/C26H38BrN7O3/c1-16(2)9-18(11-20(35)28-6)30-22-21-19(10-17(27)12-29-21)31-23(32-22)33-8-7-26(13-33)14-34(15-26)24(36)37-25(3,4)5/h10,12,16,18H,7-9,11,13-15H2,1-6H3,(H,28,35)(H,30,31,32)/t18-/m0/s1. The van der Waals surface area contributed by atoms with Crippen LogP contribution in [0, 0.1) is 11.3 Å². The number of likely N-dealkylation sites (tertiary alicyclic amines) is 1. The van der Waals surface area contributed by atoms with Crippen LogP contribution in [0.15, 0.2) is 16.7 Å². The first-order valence-electron chi connectivity index (χ1n) is 12.9. The topological polar surface area (TPSA) is 113 Å². The molecule has 1 spiro atoms. The van der Waals surface area contributed by atoms with Crippen LogP contribution in [0.2, 0.25) is 0 Å². The minimum Gasteiger partial charge on any atom is -0.444 e. The molecular formula is C26H38BrN7O3. The van der Waals surface area contributed by atoms with Crippen molar-refractivity contribution in [3.05, 3.63) is 16.7 Å². The van der Waals surface area contributed by atoms with Crippen LogP contribution in [0.3, 0.4) is 0 Å². The third-order valence-electron chi connectivity index (χ3n) is 6.72. The van der Waals surface area contributed by atoms with Crippen LogP contribution in [0.5, 0.6) is 0 Å². The first-order chi connectivity index (χ1) is 17.4. The zero-order chi connectivity index (χ0) is 27.0. The molecule has 4 rings (SSSR count). The Morgan fingerprint density at radius 1 is 1.22 bits per heavy atom. The molecule has 2 aliphatic heterocycles. The Hall–Kier alpha value is -2.69. The summed E-state index contributed by atoms with van der Waals surface area (Å²) in [5.74, 6) is 1.65. The van der Waals surface area contributed by atoms with Crippen molar-refractivity contribution in [2.45, 2.75) is 65.5 Å². The summed E-state index contributed by atoms with van der Waals surface area (Å²) in [4.78, 5) is 42.9. The Balaban J connectivity index is 1.55. The van der Waals surface area contributed by atoms with Crippen LogP contribution >= 0.6 is 15.9 Å². The lowest BCUT2D eigenvalue weighted by atomic mass is 9.79. The molecule has 0 bridgehead atoms. The van der Waals surface area contributed by atoms with Crippen molar-refractivity contribution in [2.24, 2.45) is 11.3 Å². The highest BCUT2D eigenvalue weighted by molar-refractivity contribution is 9.10. The minimum absolute atomic E-state index is 0.0200. The van der Waals surface area contributed by atoms with Gasteiger partial charge >= 0.3 is 6.09 Å². The second-order valence-corrected chi connectivity index (χ2v) is 12.7. The van der Waals surface area contributed by atoms with Gasteiger partial charge < -0.3 is 25.2 Å². The molecule has 0 aliphatic carbocycles. The lowest BCUT2D eigenvalue weighted by Gasteiger charge is -2.47. The predicted molar refractivity (Wildman–Crippen MR) is 148 cm³/mol. The van der Waals surface area contributed by atoms with Gasteiger partial charge in [-0.25, -0.2) is 14.8 Å². The van der Waals surface area contributed by atoms with E-state index in [4.69, 9.17) is 14.7 Å². The number of amides is 2. The Bertz CT molecular complexity index is 1160. The van der Waals surface area contributed by atoms with Crippen LogP contribution in [-0.4, -0.2) is 76.7 Å². The highest BCUT2D eigenvalue weighted by Gasteiger charge is 2.50. The van der Waals surface area contributed by atoms with E-state index >= 15 is 0 Å². The first-order valence-corrected chi connectivity index (χ1v) is 13.7. The van der Waals surface area contributed by atoms with Gasteiger partial charge in [0, 0.05) is 61.8 Å². The molecule has 202 valence electrons. The molecule has 11 heteroatoms. The highest BCUT2D eigenvalue weighted by atomic mass is 79.9. The fraction of sp³-hybridized carbons (Fsp3) is 0.654. The molecule has 2 aromatic heterocycles. The molecule has 4 heterocycles. The van der Waals surface area contributed by atoms with E-state index in [-0.39, 0.29) is 23.5 Å². The predicted octanol–water partition coefficient (Wildman–Crippen LogP) is 4.20. The number of aromatic nitrogens is 3. The van der Waals surface area contributed by atoms with Crippen LogP contribution in [0.1, 0.15) is 53.9 Å². The van der Waals surface area contributed by atoms with Crippen molar-refractivity contribution in [3.63, 3.8) is 0 Å². The van der Waals surface area contributed by atoms with Crippen molar-refractivity contribution in [1.29, 1.82) is 0 Å².